The van der Waals surface area contributed by atoms with Crippen LogP contribution in [0.1, 0.15) is 23.6 Å². The van der Waals surface area contributed by atoms with Crippen LogP contribution in [0, 0.1) is 0 Å². The minimum absolute atomic E-state index is 0.281. The molecular weight excluding hydrogens is 721 g/mol. The molecule has 0 bridgehead atoms. The monoisotopic (exact) mass is 754 g/mol. The predicted molar refractivity (Wildman–Crippen MR) is 214 cm³/mol. The minimum atomic E-state index is -0.369. The number of rotatable bonds is 14. The van der Waals surface area contributed by atoms with Gasteiger partial charge in [-0.3, -0.25) is 0 Å². The fraction of sp³-hybridized carbons (Fsp3) is 0.100. The van der Waals surface area contributed by atoms with Crippen molar-refractivity contribution in [1.29, 1.82) is 0 Å². The number of phenolic OH excluding ortho intramolecular Hbond substituents is 1. The first-order valence-corrected chi connectivity index (χ1v) is 21.8. The first-order chi connectivity index (χ1) is 23.9. The van der Waals surface area contributed by atoms with Gasteiger partial charge in [0.2, 0.25) is 0 Å². The van der Waals surface area contributed by atoms with Crippen LogP contribution in [0.2, 0.25) is 0 Å². The van der Waals surface area contributed by atoms with Crippen molar-refractivity contribution in [2.24, 2.45) is 0 Å². The van der Waals surface area contributed by atoms with E-state index in [-0.39, 0.29) is 11.2 Å². The average Bonchev–Trinajstić information content (AvgIpc) is 3.16. The molecule has 0 spiro atoms. The van der Waals surface area contributed by atoms with Gasteiger partial charge in [0.15, 0.2) is 0 Å². The van der Waals surface area contributed by atoms with Crippen molar-refractivity contribution < 1.29 is 14.6 Å². The van der Waals surface area contributed by atoms with E-state index in [1.54, 1.807) is 91.1 Å². The maximum absolute atomic E-state index is 9.62. The lowest BCUT2D eigenvalue weighted by Crippen LogP contribution is -2.25. The normalized spacial score (nSPS) is 11.3. The largest absolute Gasteiger partial charge is 0.508 e. The SMILES string of the molecule is COc1ccc(SSc2ccc(C(C)(c3ccc(SSc4ccc(O)cc4)cc3)c3ccc(SSc4ccc(OC)cc4)cc3)cc2)cc1. The summed E-state index contributed by atoms with van der Waals surface area (Å²) in [5.41, 5.74) is 3.33. The predicted octanol–water partition coefficient (Wildman–Crippen LogP) is 13.2. The Hall–Kier alpha value is -3.18. The molecule has 6 aromatic carbocycles. The van der Waals surface area contributed by atoms with Crippen LogP contribution in [0.15, 0.2) is 175 Å². The van der Waals surface area contributed by atoms with E-state index in [1.165, 1.54) is 41.2 Å². The summed E-state index contributed by atoms with van der Waals surface area (Å²) >= 11 is 0. The van der Waals surface area contributed by atoms with Gasteiger partial charge >= 0.3 is 0 Å². The van der Waals surface area contributed by atoms with Gasteiger partial charge in [0.1, 0.15) is 17.2 Å². The van der Waals surface area contributed by atoms with Gasteiger partial charge in [0, 0.05) is 34.8 Å². The van der Waals surface area contributed by atoms with Crippen LogP contribution in [-0.2, 0) is 5.41 Å². The molecule has 6 rings (SSSR count). The van der Waals surface area contributed by atoms with Crippen LogP contribution in [0.3, 0.4) is 0 Å². The summed E-state index contributed by atoms with van der Waals surface area (Å²) < 4.78 is 10.6. The molecule has 0 saturated carbocycles. The fourth-order valence-corrected chi connectivity index (χ4v) is 10.9. The second kappa shape index (κ2) is 17.2. The molecular formula is C40H34O3S6. The highest BCUT2D eigenvalue weighted by atomic mass is 33.1. The van der Waals surface area contributed by atoms with E-state index in [9.17, 15) is 5.11 Å². The summed E-state index contributed by atoms with van der Waals surface area (Å²) in [5, 5.41) is 9.62. The Bertz CT molecular complexity index is 1820. The lowest BCUT2D eigenvalue weighted by atomic mass is 9.71. The third-order valence-electron chi connectivity index (χ3n) is 7.95. The Morgan fingerprint density at radius 2 is 0.592 bits per heavy atom. The Morgan fingerprint density at radius 3 is 0.837 bits per heavy atom. The molecule has 9 heteroatoms. The molecule has 3 nitrogen and oxygen atoms in total. The lowest BCUT2D eigenvalue weighted by molar-refractivity contribution is 0.414. The second-order valence-corrected chi connectivity index (χ2v) is 17.9. The molecule has 0 atom stereocenters. The first kappa shape index (κ1) is 35.6. The van der Waals surface area contributed by atoms with E-state index in [0.717, 1.165) is 16.4 Å². The van der Waals surface area contributed by atoms with Gasteiger partial charge in [-0.25, -0.2) is 0 Å². The van der Waals surface area contributed by atoms with E-state index in [0.29, 0.717) is 0 Å². The Balaban J connectivity index is 1.22. The van der Waals surface area contributed by atoms with E-state index in [4.69, 9.17) is 9.47 Å². The number of hydrogen-bond donors (Lipinski definition) is 1. The van der Waals surface area contributed by atoms with E-state index in [1.807, 2.05) is 36.4 Å². The van der Waals surface area contributed by atoms with Crippen LogP contribution < -0.4 is 9.47 Å². The third-order valence-corrected chi connectivity index (χ3v) is 15.2. The smallest absolute Gasteiger partial charge is 0.118 e. The van der Waals surface area contributed by atoms with Crippen molar-refractivity contribution >= 4 is 64.8 Å². The molecule has 0 aliphatic carbocycles. The van der Waals surface area contributed by atoms with Crippen LogP contribution >= 0.6 is 64.8 Å². The van der Waals surface area contributed by atoms with Crippen LogP contribution in [0.25, 0.3) is 0 Å². The molecule has 0 unspecified atom stereocenters. The fourth-order valence-electron chi connectivity index (χ4n) is 5.08. The maximum Gasteiger partial charge on any atom is 0.118 e. The standard InChI is InChI=1S/C40H34O3S6/c1-40(28-4-16-34(17-5-28)44-47-37-22-10-31(41)11-23-37,29-6-18-35(19-7-29)45-48-38-24-12-32(42-2)13-25-38)30-8-20-36(21-9-30)46-49-39-26-14-33(43-3)15-27-39/h4-27,41H,1-3H3. The van der Waals surface area contributed by atoms with Gasteiger partial charge in [-0.1, -0.05) is 101 Å². The van der Waals surface area contributed by atoms with E-state index < -0.39 is 0 Å². The highest BCUT2D eigenvalue weighted by Crippen LogP contribution is 2.45. The number of benzene rings is 6. The summed E-state index contributed by atoms with van der Waals surface area (Å²) in [7, 11) is 13.8. The Kier molecular flexibility index (Phi) is 12.5. The summed E-state index contributed by atoms with van der Waals surface area (Å²) in [4.78, 5) is 7.05. The maximum atomic E-state index is 9.62. The molecule has 0 aliphatic rings. The minimum Gasteiger partial charge on any atom is -0.508 e. The van der Waals surface area contributed by atoms with E-state index >= 15 is 0 Å². The molecule has 0 heterocycles. The molecule has 0 saturated heterocycles. The Labute approximate surface area is 312 Å². The van der Waals surface area contributed by atoms with E-state index in [2.05, 4.69) is 104 Å². The highest BCUT2D eigenvalue weighted by Gasteiger charge is 2.31. The molecule has 0 fully saturated rings. The van der Waals surface area contributed by atoms with Crippen LogP contribution in [-0.4, -0.2) is 19.3 Å². The summed E-state index contributed by atoms with van der Waals surface area (Å²) in [6, 6.07) is 50.5. The third kappa shape index (κ3) is 9.34. The zero-order valence-electron chi connectivity index (χ0n) is 27.1. The summed E-state index contributed by atoms with van der Waals surface area (Å²) in [6.45, 7) is 2.32. The average molecular weight is 755 g/mol. The molecule has 0 aliphatic heterocycles. The summed E-state index contributed by atoms with van der Waals surface area (Å²) in [6.07, 6.45) is 0. The van der Waals surface area contributed by atoms with Crippen molar-refractivity contribution in [3.63, 3.8) is 0 Å². The van der Waals surface area contributed by atoms with Crippen molar-refractivity contribution in [2.45, 2.75) is 41.7 Å². The van der Waals surface area contributed by atoms with Gasteiger partial charge in [-0.15, -0.1) is 0 Å². The van der Waals surface area contributed by atoms with Crippen LogP contribution in [0.5, 0.6) is 17.2 Å². The number of methoxy groups -OCH3 is 2. The lowest BCUT2D eigenvalue weighted by Gasteiger charge is -2.32. The van der Waals surface area contributed by atoms with Gasteiger partial charge in [-0.2, -0.15) is 0 Å². The Morgan fingerprint density at radius 1 is 0.367 bits per heavy atom. The van der Waals surface area contributed by atoms with Crippen molar-refractivity contribution in [1.82, 2.24) is 0 Å². The van der Waals surface area contributed by atoms with Crippen molar-refractivity contribution in [3.8, 4) is 17.2 Å². The zero-order valence-corrected chi connectivity index (χ0v) is 32.0. The molecule has 0 radical (unpaired) electrons. The van der Waals surface area contributed by atoms with Crippen molar-refractivity contribution in [2.75, 3.05) is 14.2 Å². The molecule has 0 amide bonds. The molecule has 6 aromatic rings. The van der Waals surface area contributed by atoms with Gasteiger partial charge in [-0.05, 0) is 133 Å². The molecule has 1 N–H and O–H groups in total. The van der Waals surface area contributed by atoms with Gasteiger partial charge in [0.25, 0.3) is 0 Å². The number of aromatic hydroxyl groups is 1. The topological polar surface area (TPSA) is 38.7 Å². The number of ether oxygens (including phenoxy) is 2. The summed E-state index contributed by atoms with van der Waals surface area (Å²) in [5.74, 6) is 2.01. The first-order valence-electron chi connectivity index (χ1n) is 15.4. The van der Waals surface area contributed by atoms with Gasteiger partial charge < -0.3 is 14.6 Å². The zero-order chi connectivity index (χ0) is 34.1. The number of hydrogen-bond acceptors (Lipinski definition) is 9. The molecule has 0 aromatic heterocycles. The van der Waals surface area contributed by atoms with Crippen molar-refractivity contribution in [3.05, 3.63) is 162 Å². The number of phenols is 1. The van der Waals surface area contributed by atoms with Gasteiger partial charge in [0.05, 0.1) is 14.2 Å². The highest BCUT2D eigenvalue weighted by molar-refractivity contribution is 8.77. The quantitative estimate of drug-likeness (QED) is 0.0864. The molecule has 248 valence electrons. The van der Waals surface area contributed by atoms with Crippen LogP contribution in [0.4, 0.5) is 0 Å². The molecule has 49 heavy (non-hydrogen) atoms. The second-order valence-electron chi connectivity index (χ2n) is 11.0.